The maximum atomic E-state index is 14.3. The van der Waals surface area contributed by atoms with Gasteiger partial charge in [-0.2, -0.15) is 10.2 Å². The van der Waals surface area contributed by atoms with Crippen molar-refractivity contribution in [3.8, 4) is 33.6 Å². The summed E-state index contributed by atoms with van der Waals surface area (Å²) in [6.45, 7) is 0. The Hall–Kier alpha value is -3.54. The van der Waals surface area contributed by atoms with Crippen LogP contribution in [-0.2, 0) is 0 Å². The minimum absolute atomic E-state index is 0.0527. The summed E-state index contributed by atoms with van der Waals surface area (Å²) in [4.78, 5) is 3.69. The van der Waals surface area contributed by atoms with E-state index < -0.39 is 17.5 Å². The molecule has 0 radical (unpaired) electrons. The quantitative estimate of drug-likeness (QED) is 0.496. The summed E-state index contributed by atoms with van der Waals surface area (Å²) in [7, 11) is 0. The van der Waals surface area contributed by atoms with Gasteiger partial charge in [0.1, 0.15) is 17.3 Å². The summed E-state index contributed by atoms with van der Waals surface area (Å²) < 4.78 is 41.4. The van der Waals surface area contributed by atoms with E-state index in [0.29, 0.717) is 22.9 Å². The molecule has 4 rings (SSSR count). The number of benzene rings is 2. The van der Waals surface area contributed by atoms with Gasteiger partial charge in [-0.1, -0.05) is 36.4 Å². The van der Waals surface area contributed by atoms with E-state index in [2.05, 4.69) is 15.2 Å². The van der Waals surface area contributed by atoms with Crippen molar-refractivity contribution in [3.05, 3.63) is 90.5 Å². The minimum Gasteiger partial charge on any atom is -0.250 e. The van der Waals surface area contributed by atoms with Crippen LogP contribution < -0.4 is 0 Å². The fourth-order valence-electron chi connectivity index (χ4n) is 2.77. The topological polar surface area (TPSA) is 38.7 Å². The molecule has 3 nitrogen and oxygen atoms in total. The molecule has 0 bridgehead atoms. The van der Waals surface area contributed by atoms with Crippen molar-refractivity contribution in [2.75, 3.05) is 0 Å². The molecular weight excluding hydrogens is 351 g/mol. The Morgan fingerprint density at radius 3 is 2.26 bits per heavy atom. The highest BCUT2D eigenvalue weighted by molar-refractivity contribution is 5.74. The van der Waals surface area contributed by atoms with Crippen LogP contribution in [0, 0.1) is 17.5 Å². The number of pyridine rings is 1. The van der Waals surface area contributed by atoms with E-state index >= 15 is 0 Å². The Bertz CT molecular complexity index is 1110. The van der Waals surface area contributed by atoms with Crippen molar-refractivity contribution >= 4 is 0 Å². The SMILES string of the molecule is Fc1cnc(-c2cc(-c3cnnc(-c4ccccc4)c3)ccc2F)c(F)c1. The molecule has 0 saturated heterocycles. The number of hydrogen-bond acceptors (Lipinski definition) is 3. The zero-order valence-electron chi connectivity index (χ0n) is 13.9. The third-order valence-electron chi connectivity index (χ3n) is 4.09. The van der Waals surface area contributed by atoms with Gasteiger partial charge in [0.2, 0.25) is 0 Å². The Balaban J connectivity index is 1.80. The molecule has 4 aromatic rings. The lowest BCUT2D eigenvalue weighted by atomic mass is 10.0. The normalized spacial score (nSPS) is 10.8. The zero-order chi connectivity index (χ0) is 18.8. The Labute approximate surface area is 153 Å². The molecule has 0 saturated carbocycles. The Morgan fingerprint density at radius 1 is 0.667 bits per heavy atom. The molecule has 0 fully saturated rings. The molecule has 0 unspecified atom stereocenters. The first-order chi connectivity index (χ1) is 13.1. The van der Waals surface area contributed by atoms with Crippen molar-refractivity contribution in [1.82, 2.24) is 15.2 Å². The Morgan fingerprint density at radius 2 is 1.48 bits per heavy atom. The largest absolute Gasteiger partial charge is 0.250 e. The van der Waals surface area contributed by atoms with E-state index in [-0.39, 0.29) is 11.3 Å². The highest BCUT2D eigenvalue weighted by atomic mass is 19.1. The zero-order valence-corrected chi connectivity index (χ0v) is 13.9. The summed E-state index contributed by atoms with van der Waals surface area (Å²) in [6, 6.07) is 16.2. The molecular formula is C21H12F3N3. The standard InChI is InChI=1S/C21H12F3N3/c22-16-10-19(24)21(25-12-16)17-8-14(6-7-18(17)23)15-9-20(27-26-11-15)13-4-2-1-3-5-13/h1-12H. The molecule has 0 aliphatic heterocycles. The van der Waals surface area contributed by atoms with Crippen LogP contribution in [0.4, 0.5) is 13.2 Å². The molecule has 2 heterocycles. The maximum absolute atomic E-state index is 14.3. The van der Waals surface area contributed by atoms with Gasteiger partial charge in [-0.15, -0.1) is 0 Å². The molecule has 0 aliphatic rings. The van der Waals surface area contributed by atoms with E-state index in [1.165, 1.54) is 18.3 Å². The van der Waals surface area contributed by atoms with Crippen LogP contribution in [0.3, 0.4) is 0 Å². The van der Waals surface area contributed by atoms with Crippen molar-refractivity contribution in [2.45, 2.75) is 0 Å². The first kappa shape index (κ1) is 16.9. The molecule has 132 valence electrons. The number of halogens is 3. The maximum Gasteiger partial charge on any atom is 0.152 e. The summed E-state index contributed by atoms with van der Waals surface area (Å²) in [5, 5.41) is 8.13. The summed E-state index contributed by atoms with van der Waals surface area (Å²) in [5.41, 5.74) is 2.55. The van der Waals surface area contributed by atoms with E-state index in [1.54, 1.807) is 6.07 Å². The van der Waals surface area contributed by atoms with Crippen LogP contribution in [0.5, 0.6) is 0 Å². The fraction of sp³-hybridized carbons (Fsp3) is 0. The molecule has 0 aliphatic carbocycles. The van der Waals surface area contributed by atoms with Crippen molar-refractivity contribution in [3.63, 3.8) is 0 Å². The third-order valence-corrected chi connectivity index (χ3v) is 4.09. The van der Waals surface area contributed by atoms with Crippen LogP contribution >= 0.6 is 0 Å². The van der Waals surface area contributed by atoms with Gasteiger partial charge in [-0.3, -0.25) is 4.98 Å². The fourth-order valence-corrected chi connectivity index (χ4v) is 2.77. The van der Waals surface area contributed by atoms with Gasteiger partial charge in [0.15, 0.2) is 5.82 Å². The van der Waals surface area contributed by atoms with Gasteiger partial charge in [-0.25, -0.2) is 13.2 Å². The molecule has 2 aromatic heterocycles. The average molecular weight is 363 g/mol. The molecule has 0 N–H and O–H groups in total. The summed E-state index contributed by atoms with van der Waals surface area (Å²) in [5.74, 6) is -2.40. The molecule has 6 heteroatoms. The minimum atomic E-state index is -0.927. The molecule has 0 atom stereocenters. The van der Waals surface area contributed by atoms with Crippen molar-refractivity contribution in [1.29, 1.82) is 0 Å². The van der Waals surface area contributed by atoms with Crippen LogP contribution in [0.2, 0.25) is 0 Å². The van der Waals surface area contributed by atoms with Gasteiger partial charge in [0.25, 0.3) is 0 Å². The molecule has 27 heavy (non-hydrogen) atoms. The number of nitrogens with zero attached hydrogens (tertiary/aromatic N) is 3. The first-order valence-electron chi connectivity index (χ1n) is 8.11. The first-order valence-corrected chi connectivity index (χ1v) is 8.11. The predicted octanol–water partition coefficient (Wildman–Crippen LogP) is 5.29. The van der Waals surface area contributed by atoms with Gasteiger partial charge >= 0.3 is 0 Å². The number of rotatable bonds is 3. The van der Waals surface area contributed by atoms with Gasteiger partial charge in [0.05, 0.1) is 18.1 Å². The number of hydrogen-bond donors (Lipinski definition) is 0. The van der Waals surface area contributed by atoms with E-state index in [9.17, 15) is 13.2 Å². The highest BCUT2D eigenvalue weighted by Crippen LogP contribution is 2.30. The van der Waals surface area contributed by atoms with E-state index in [4.69, 9.17) is 0 Å². The van der Waals surface area contributed by atoms with Crippen LogP contribution in [0.1, 0.15) is 0 Å². The lowest BCUT2D eigenvalue weighted by Crippen LogP contribution is -1.95. The second-order valence-electron chi connectivity index (χ2n) is 5.87. The molecule has 0 spiro atoms. The predicted molar refractivity (Wildman–Crippen MR) is 96.0 cm³/mol. The average Bonchev–Trinajstić information content (AvgIpc) is 2.70. The van der Waals surface area contributed by atoms with Gasteiger partial charge in [0, 0.05) is 22.8 Å². The van der Waals surface area contributed by atoms with E-state index in [0.717, 1.165) is 11.8 Å². The van der Waals surface area contributed by atoms with Crippen LogP contribution in [0.15, 0.2) is 73.1 Å². The third kappa shape index (κ3) is 3.42. The smallest absolute Gasteiger partial charge is 0.152 e. The number of aromatic nitrogens is 3. The highest BCUT2D eigenvalue weighted by Gasteiger charge is 2.14. The summed E-state index contributed by atoms with van der Waals surface area (Å²) >= 11 is 0. The van der Waals surface area contributed by atoms with Crippen LogP contribution in [-0.4, -0.2) is 15.2 Å². The molecule has 0 amide bonds. The van der Waals surface area contributed by atoms with Gasteiger partial charge < -0.3 is 0 Å². The second kappa shape index (κ2) is 6.99. The van der Waals surface area contributed by atoms with E-state index in [1.807, 2.05) is 36.4 Å². The lowest BCUT2D eigenvalue weighted by molar-refractivity contribution is 0.573. The lowest BCUT2D eigenvalue weighted by Gasteiger charge is -2.08. The van der Waals surface area contributed by atoms with Crippen LogP contribution in [0.25, 0.3) is 33.6 Å². The second-order valence-corrected chi connectivity index (χ2v) is 5.87. The molecule has 2 aromatic carbocycles. The van der Waals surface area contributed by atoms with Crippen molar-refractivity contribution in [2.24, 2.45) is 0 Å². The van der Waals surface area contributed by atoms with Crippen molar-refractivity contribution < 1.29 is 13.2 Å². The monoisotopic (exact) mass is 363 g/mol. The van der Waals surface area contributed by atoms with Gasteiger partial charge in [-0.05, 0) is 23.8 Å². The Kier molecular flexibility index (Phi) is 4.38. The summed E-state index contributed by atoms with van der Waals surface area (Å²) in [6.07, 6.45) is 2.39.